The van der Waals surface area contributed by atoms with Crippen molar-refractivity contribution in [3.05, 3.63) is 70.2 Å². The lowest BCUT2D eigenvalue weighted by molar-refractivity contribution is 0.0917. The van der Waals surface area contributed by atoms with Gasteiger partial charge in [-0.2, -0.15) is 0 Å². The normalized spacial score (nSPS) is 10.3. The van der Waals surface area contributed by atoms with Gasteiger partial charge in [0.05, 0.1) is 5.02 Å². The Morgan fingerprint density at radius 2 is 1.50 bits per heavy atom. The molecule has 0 bridgehead atoms. The first-order valence-electron chi connectivity index (χ1n) is 6.45. The molecule has 0 atom stereocenters. The van der Waals surface area contributed by atoms with E-state index in [9.17, 15) is 9.59 Å². The third kappa shape index (κ3) is 3.55. The Hall–Kier alpha value is -1.93. The number of hydrogen-bond acceptors (Lipinski definition) is 2. The van der Waals surface area contributed by atoms with E-state index in [0.717, 1.165) is 5.56 Å². The van der Waals surface area contributed by atoms with Gasteiger partial charge in [-0.3, -0.25) is 9.59 Å². The molecule has 0 fully saturated rings. The van der Waals surface area contributed by atoms with E-state index in [0.29, 0.717) is 16.1 Å². The third-order valence-electron chi connectivity index (χ3n) is 3.13. The topological polar surface area (TPSA) is 34.1 Å². The lowest BCUT2D eigenvalue weighted by atomic mass is 10.0. The summed E-state index contributed by atoms with van der Waals surface area (Å²) >= 11 is 5.96. The molecule has 3 heteroatoms. The van der Waals surface area contributed by atoms with Crippen LogP contribution in [0.25, 0.3) is 0 Å². The number of rotatable bonds is 5. The fourth-order valence-corrected chi connectivity index (χ4v) is 2.17. The summed E-state index contributed by atoms with van der Waals surface area (Å²) in [7, 11) is 0. The van der Waals surface area contributed by atoms with Crippen molar-refractivity contribution in [3.63, 3.8) is 0 Å². The number of carbonyl (C=O) groups is 2. The zero-order chi connectivity index (χ0) is 14.5. The Labute approximate surface area is 123 Å². The Bertz CT molecular complexity index is 630. The van der Waals surface area contributed by atoms with E-state index in [1.807, 2.05) is 19.1 Å². The van der Waals surface area contributed by atoms with Gasteiger partial charge in [-0.15, -0.1) is 0 Å². The summed E-state index contributed by atoms with van der Waals surface area (Å²) < 4.78 is 0. The maximum absolute atomic E-state index is 12.0. The molecule has 2 rings (SSSR count). The SMILES string of the molecule is Cc1ccc(C(=O)CCC(=O)c2ccccc2Cl)cc1. The molecule has 0 aliphatic rings. The van der Waals surface area contributed by atoms with Gasteiger partial charge in [0, 0.05) is 24.0 Å². The summed E-state index contributed by atoms with van der Waals surface area (Å²) in [5.74, 6) is -0.124. The lowest BCUT2D eigenvalue weighted by Crippen LogP contribution is -2.05. The van der Waals surface area contributed by atoms with Gasteiger partial charge < -0.3 is 0 Å². The molecule has 0 saturated carbocycles. The summed E-state index contributed by atoms with van der Waals surface area (Å²) in [6.45, 7) is 1.97. The van der Waals surface area contributed by atoms with Crippen LogP contribution in [0.4, 0.5) is 0 Å². The van der Waals surface area contributed by atoms with E-state index in [-0.39, 0.29) is 24.4 Å². The third-order valence-corrected chi connectivity index (χ3v) is 3.46. The fraction of sp³-hybridized carbons (Fsp3) is 0.176. The standard InChI is InChI=1S/C17H15ClO2/c1-12-6-8-13(9-7-12)16(19)10-11-17(20)14-4-2-3-5-15(14)18/h2-9H,10-11H2,1H3. The van der Waals surface area contributed by atoms with Crippen LogP contribution in [0.5, 0.6) is 0 Å². The first-order chi connectivity index (χ1) is 9.58. The number of ketones is 2. The molecule has 0 aliphatic carbocycles. The van der Waals surface area contributed by atoms with Crippen LogP contribution in [0.3, 0.4) is 0 Å². The van der Waals surface area contributed by atoms with Crippen LogP contribution in [-0.4, -0.2) is 11.6 Å². The van der Waals surface area contributed by atoms with Crippen LogP contribution in [-0.2, 0) is 0 Å². The van der Waals surface area contributed by atoms with Crippen LogP contribution in [0, 0.1) is 6.92 Å². The van der Waals surface area contributed by atoms with Crippen molar-refractivity contribution in [3.8, 4) is 0 Å². The van der Waals surface area contributed by atoms with E-state index in [4.69, 9.17) is 11.6 Å². The average Bonchev–Trinajstić information content (AvgIpc) is 2.45. The Kier molecular flexibility index (Phi) is 4.70. The second-order valence-electron chi connectivity index (χ2n) is 4.69. The molecule has 0 heterocycles. The molecule has 0 saturated heterocycles. The zero-order valence-corrected chi connectivity index (χ0v) is 12.0. The number of aryl methyl sites for hydroxylation is 1. The molecule has 0 radical (unpaired) electrons. The fourth-order valence-electron chi connectivity index (χ4n) is 1.93. The van der Waals surface area contributed by atoms with Crippen molar-refractivity contribution in [1.29, 1.82) is 0 Å². The Morgan fingerprint density at radius 3 is 2.15 bits per heavy atom. The minimum absolute atomic E-state index is 0.0228. The van der Waals surface area contributed by atoms with E-state index >= 15 is 0 Å². The summed E-state index contributed by atoms with van der Waals surface area (Å²) in [6.07, 6.45) is 0.379. The van der Waals surface area contributed by atoms with Gasteiger partial charge in [-0.25, -0.2) is 0 Å². The molecule has 2 nitrogen and oxygen atoms in total. The van der Waals surface area contributed by atoms with E-state index < -0.39 is 0 Å². The van der Waals surface area contributed by atoms with Gasteiger partial charge in [0.2, 0.25) is 0 Å². The number of benzene rings is 2. The molecule has 2 aromatic carbocycles. The van der Waals surface area contributed by atoms with Crippen molar-refractivity contribution in [2.45, 2.75) is 19.8 Å². The van der Waals surface area contributed by atoms with Gasteiger partial charge >= 0.3 is 0 Å². The number of Topliss-reactive ketones (excluding diaryl/α,β-unsaturated/α-hetero) is 2. The molecule has 102 valence electrons. The number of halogens is 1. The van der Waals surface area contributed by atoms with Crippen molar-refractivity contribution < 1.29 is 9.59 Å². The monoisotopic (exact) mass is 286 g/mol. The predicted octanol–water partition coefficient (Wildman–Crippen LogP) is 4.49. The predicted molar refractivity (Wildman–Crippen MR) is 80.5 cm³/mol. The first kappa shape index (κ1) is 14.5. The molecular formula is C17H15ClO2. The van der Waals surface area contributed by atoms with Crippen LogP contribution in [0.2, 0.25) is 5.02 Å². The molecule has 0 spiro atoms. The van der Waals surface area contributed by atoms with Gasteiger partial charge in [0.25, 0.3) is 0 Å². The lowest BCUT2D eigenvalue weighted by Gasteiger charge is -2.04. The van der Waals surface area contributed by atoms with E-state index in [1.54, 1.807) is 36.4 Å². The summed E-state index contributed by atoms with van der Waals surface area (Å²) in [6, 6.07) is 14.3. The average molecular weight is 287 g/mol. The second kappa shape index (κ2) is 6.49. The highest BCUT2D eigenvalue weighted by atomic mass is 35.5. The van der Waals surface area contributed by atoms with Gasteiger partial charge in [-0.1, -0.05) is 53.6 Å². The molecule has 0 N–H and O–H groups in total. The molecular weight excluding hydrogens is 272 g/mol. The molecule has 0 unspecified atom stereocenters. The van der Waals surface area contributed by atoms with Crippen molar-refractivity contribution in [2.24, 2.45) is 0 Å². The highest BCUT2D eigenvalue weighted by molar-refractivity contribution is 6.34. The smallest absolute Gasteiger partial charge is 0.164 e. The Morgan fingerprint density at radius 1 is 0.900 bits per heavy atom. The minimum atomic E-state index is -0.101. The molecule has 20 heavy (non-hydrogen) atoms. The van der Waals surface area contributed by atoms with E-state index in [1.165, 1.54) is 0 Å². The summed E-state index contributed by atoms with van der Waals surface area (Å²) in [5, 5.41) is 0.431. The van der Waals surface area contributed by atoms with Crippen molar-refractivity contribution in [1.82, 2.24) is 0 Å². The second-order valence-corrected chi connectivity index (χ2v) is 5.10. The molecule has 2 aromatic rings. The summed E-state index contributed by atoms with van der Waals surface area (Å²) in [5.41, 5.74) is 2.22. The van der Waals surface area contributed by atoms with Gasteiger partial charge in [0.1, 0.15) is 0 Å². The maximum atomic E-state index is 12.0. The van der Waals surface area contributed by atoms with Crippen LogP contribution in [0.15, 0.2) is 48.5 Å². The Balaban J connectivity index is 1.99. The quantitative estimate of drug-likeness (QED) is 0.759. The molecule has 0 amide bonds. The van der Waals surface area contributed by atoms with Crippen LogP contribution >= 0.6 is 11.6 Å². The van der Waals surface area contributed by atoms with Crippen molar-refractivity contribution in [2.75, 3.05) is 0 Å². The summed E-state index contributed by atoms with van der Waals surface area (Å²) in [4.78, 5) is 24.0. The minimum Gasteiger partial charge on any atom is -0.294 e. The number of carbonyl (C=O) groups excluding carboxylic acids is 2. The van der Waals surface area contributed by atoms with Crippen molar-refractivity contribution >= 4 is 23.2 Å². The van der Waals surface area contributed by atoms with Gasteiger partial charge in [0.15, 0.2) is 11.6 Å². The van der Waals surface area contributed by atoms with Crippen LogP contribution in [0.1, 0.15) is 39.1 Å². The van der Waals surface area contributed by atoms with E-state index in [2.05, 4.69) is 0 Å². The zero-order valence-electron chi connectivity index (χ0n) is 11.2. The van der Waals surface area contributed by atoms with Gasteiger partial charge in [-0.05, 0) is 19.1 Å². The maximum Gasteiger partial charge on any atom is 0.164 e. The highest BCUT2D eigenvalue weighted by Gasteiger charge is 2.13. The first-order valence-corrected chi connectivity index (χ1v) is 6.83. The number of hydrogen-bond donors (Lipinski definition) is 0. The molecule has 0 aromatic heterocycles. The van der Waals surface area contributed by atoms with Crippen LogP contribution < -0.4 is 0 Å². The molecule has 0 aliphatic heterocycles. The largest absolute Gasteiger partial charge is 0.294 e. The highest BCUT2D eigenvalue weighted by Crippen LogP contribution is 2.18.